The largest absolute Gasteiger partial charge is 0.369 e. The van der Waals surface area contributed by atoms with Crippen LogP contribution in [0.3, 0.4) is 0 Å². The molecule has 118 valence electrons. The van der Waals surface area contributed by atoms with Crippen LogP contribution in [0.4, 0.5) is 0 Å². The molecule has 2 aromatic carbocycles. The van der Waals surface area contributed by atoms with E-state index in [1.54, 1.807) is 12.1 Å². The Labute approximate surface area is 136 Å². The lowest BCUT2D eigenvalue weighted by Crippen LogP contribution is -2.13. The molecule has 23 heavy (non-hydrogen) atoms. The highest BCUT2D eigenvalue weighted by Gasteiger charge is 2.11. The van der Waals surface area contributed by atoms with Gasteiger partial charge in [0.1, 0.15) is 5.01 Å². The summed E-state index contributed by atoms with van der Waals surface area (Å²) in [5, 5.41) is 5.82. The molecule has 1 amide bonds. The van der Waals surface area contributed by atoms with E-state index < -0.39 is 15.9 Å². The first-order valence-electron chi connectivity index (χ1n) is 6.64. The molecule has 0 saturated heterocycles. The minimum Gasteiger partial charge on any atom is -0.369 e. The van der Waals surface area contributed by atoms with E-state index in [1.165, 1.54) is 23.5 Å². The fourth-order valence-electron chi connectivity index (χ4n) is 2.23. The normalized spacial score (nSPS) is 11.7. The number of fused-ring (bicyclic) bond motifs is 1. The molecule has 0 atom stereocenters. The van der Waals surface area contributed by atoms with Gasteiger partial charge in [-0.25, -0.2) is 18.5 Å². The molecule has 0 bridgehead atoms. The topological polar surface area (TPSA) is 116 Å². The van der Waals surface area contributed by atoms with E-state index in [2.05, 4.69) is 4.98 Å². The fraction of sp³-hybridized carbons (Fsp3) is 0.0667. The van der Waals surface area contributed by atoms with Crippen LogP contribution in [0.5, 0.6) is 0 Å². The number of thiazole rings is 1. The third kappa shape index (κ3) is 3.39. The predicted molar refractivity (Wildman–Crippen MR) is 89.3 cm³/mol. The Balaban J connectivity index is 2.05. The summed E-state index contributed by atoms with van der Waals surface area (Å²) in [6.45, 7) is 0. The van der Waals surface area contributed by atoms with Crippen molar-refractivity contribution in [3.8, 4) is 11.1 Å². The summed E-state index contributed by atoms with van der Waals surface area (Å²) >= 11 is 1.39. The molecule has 6 nitrogen and oxygen atoms in total. The number of hydrogen-bond donors (Lipinski definition) is 2. The SMILES string of the molecule is NC(=O)Cc1nc2ccc(-c3cccc(S(N)(=O)=O)c3)cc2s1. The van der Waals surface area contributed by atoms with Crippen LogP contribution in [0.1, 0.15) is 5.01 Å². The monoisotopic (exact) mass is 347 g/mol. The Kier molecular flexibility index (Phi) is 3.88. The van der Waals surface area contributed by atoms with Crippen LogP contribution in [-0.4, -0.2) is 19.3 Å². The summed E-state index contributed by atoms with van der Waals surface area (Å²) in [6.07, 6.45) is 0.107. The standard InChI is InChI=1S/C15H13N3O3S2/c16-14(19)8-15-18-12-5-4-10(7-13(12)22-15)9-2-1-3-11(6-9)23(17,20)21/h1-7H,8H2,(H2,16,19)(H2,17,20,21). The quantitative estimate of drug-likeness (QED) is 0.746. The van der Waals surface area contributed by atoms with Gasteiger partial charge in [0.05, 0.1) is 21.5 Å². The minimum atomic E-state index is -3.75. The molecule has 1 aromatic heterocycles. The summed E-state index contributed by atoms with van der Waals surface area (Å²) < 4.78 is 23.8. The van der Waals surface area contributed by atoms with Gasteiger partial charge in [0.2, 0.25) is 15.9 Å². The number of carbonyl (C=O) groups excluding carboxylic acids is 1. The van der Waals surface area contributed by atoms with Gasteiger partial charge in [0.25, 0.3) is 0 Å². The zero-order valence-corrected chi connectivity index (χ0v) is 13.5. The van der Waals surface area contributed by atoms with Gasteiger partial charge in [-0.1, -0.05) is 18.2 Å². The molecule has 8 heteroatoms. The van der Waals surface area contributed by atoms with Crippen molar-refractivity contribution in [2.75, 3.05) is 0 Å². The lowest BCUT2D eigenvalue weighted by atomic mass is 10.1. The lowest BCUT2D eigenvalue weighted by Gasteiger charge is -2.04. The first kappa shape index (κ1) is 15.6. The van der Waals surface area contributed by atoms with Gasteiger partial charge >= 0.3 is 0 Å². The molecule has 0 spiro atoms. The summed E-state index contributed by atoms with van der Waals surface area (Å²) in [6, 6.07) is 12.0. The van der Waals surface area contributed by atoms with Crippen molar-refractivity contribution in [2.24, 2.45) is 10.9 Å². The molecule has 1 heterocycles. The first-order valence-corrected chi connectivity index (χ1v) is 9.00. The summed E-state index contributed by atoms with van der Waals surface area (Å²) in [5.74, 6) is -0.426. The van der Waals surface area contributed by atoms with Gasteiger partial charge in [0, 0.05) is 0 Å². The van der Waals surface area contributed by atoms with Crippen molar-refractivity contribution in [2.45, 2.75) is 11.3 Å². The number of sulfonamides is 1. The second kappa shape index (κ2) is 5.73. The van der Waals surface area contributed by atoms with Crippen LogP contribution < -0.4 is 10.9 Å². The van der Waals surface area contributed by atoms with Gasteiger partial charge in [-0.3, -0.25) is 4.79 Å². The molecule has 3 rings (SSSR count). The molecule has 0 aliphatic heterocycles. The third-order valence-electron chi connectivity index (χ3n) is 3.25. The molecule has 4 N–H and O–H groups in total. The Bertz CT molecular complexity index is 1010. The average Bonchev–Trinajstić information content (AvgIpc) is 2.86. The van der Waals surface area contributed by atoms with Crippen LogP contribution in [-0.2, 0) is 21.2 Å². The van der Waals surface area contributed by atoms with E-state index >= 15 is 0 Å². The molecule has 0 radical (unpaired) electrons. The molecule has 0 unspecified atom stereocenters. The van der Waals surface area contributed by atoms with Crippen molar-refractivity contribution >= 4 is 37.5 Å². The summed E-state index contributed by atoms with van der Waals surface area (Å²) in [5.41, 5.74) is 7.54. The zero-order valence-electron chi connectivity index (χ0n) is 11.9. The van der Waals surface area contributed by atoms with E-state index in [4.69, 9.17) is 10.9 Å². The Morgan fingerprint density at radius 2 is 1.87 bits per heavy atom. The van der Waals surface area contributed by atoms with Crippen molar-refractivity contribution in [1.82, 2.24) is 4.98 Å². The number of hydrogen-bond acceptors (Lipinski definition) is 5. The van der Waals surface area contributed by atoms with E-state index in [0.717, 1.165) is 21.3 Å². The number of aromatic nitrogens is 1. The molecule has 0 aliphatic rings. The van der Waals surface area contributed by atoms with Crippen LogP contribution in [0.15, 0.2) is 47.4 Å². The number of primary sulfonamides is 1. The number of nitrogens with zero attached hydrogens (tertiary/aromatic N) is 1. The van der Waals surface area contributed by atoms with Crippen LogP contribution in [0.2, 0.25) is 0 Å². The number of amides is 1. The Morgan fingerprint density at radius 3 is 2.57 bits per heavy atom. The minimum absolute atomic E-state index is 0.0637. The van der Waals surface area contributed by atoms with Crippen molar-refractivity contribution in [3.63, 3.8) is 0 Å². The Morgan fingerprint density at radius 1 is 1.13 bits per heavy atom. The van der Waals surface area contributed by atoms with Crippen LogP contribution in [0.25, 0.3) is 21.3 Å². The zero-order chi connectivity index (χ0) is 16.6. The van der Waals surface area contributed by atoms with Crippen LogP contribution in [0, 0.1) is 0 Å². The summed E-state index contributed by atoms with van der Waals surface area (Å²) in [4.78, 5) is 15.4. The van der Waals surface area contributed by atoms with E-state index in [9.17, 15) is 13.2 Å². The maximum Gasteiger partial charge on any atom is 0.238 e. The van der Waals surface area contributed by atoms with Gasteiger partial charge in [0.15, 0.2) is 0 Å². The molecule has 0 fully saturated rings. The summed E-state index contributed by atoms with van der Waals surface area (Å²) in [7, 11) is -3.75. The maximum absolute atomic E-state index is 11.5. The number of carbonyl (C=O) groups is 1. The third-order valence-corrected chi connectivity index (χ3v) is 5.18. The highest BCUT2D eigenvalue weighted by Crippen LogP contribution is 2.29. The van der Waals surface area contributed by atoms with Gasteiger partial charge < -0.3 is 5.73 Å². The molecular formula is C15H13N3O3S2. The number of benzene rings is 2. The average molecular weight is 347 g/mol. The second-order valence-corrected chi connectivity index (χ2v) is 7.68. The van der Waals surface area contributed by atoms with Crippen LogP contribution >= 0.6 is 11.3 Å². The second-order valence-electron chi connectivity index (χ2n) is 5.01. The van der Waals surface area contributed by atoms with Gasteiger partial charge in [-0.15, -0.1) is 11.3 Å². The molecule has 3 aromatic rings. The number of nitrogens with two attached hydrogens (primary N) is 2. The highest BCUT2D eigenvalue weighted by atomic mass is 32.2. The maximum atomic E-state index is 11.5. The van der Waals surface area contributed by atoms with Gasteiger partial charge in [-0.2, -0.15) is 0 Å². The molecule has 0 aliphatic carbocycles. The van der Waals surface area contributed by atoms with E-state index in [1.807, 2.05) is 18.2 Å². The lowest BCUT2D eigenvalue weighted by molar-refractivity contribution is -0.117. The number of rotatable bonds is 4. The smallest absolute Gasteiger partial charge is 0.238 e. The molecular weight excluding hydrogens is 334 g/mol. The van der Waals surface area contributed by atoms with E-state index in [-0.39, 0.29) is 11.3 Å². The molecule has 0 saturated carbocycles. The van der Waals surface area contributed by atoms with Gasteiger partial charge in [-0.05, 0) is 35.4 Å². The van der Waals surface area contributed by atoms with Crippen molar-refractivity contribution in [1.29, 1.82) is 0 Å². The Hall–Kier alpha value is -2.29. The van der Waals surface area contributed by atoms with Crippen molar-refractivity contribution < 1.29 is 13.2 Å². The van der Waals surface area contributed by atoms with E-state index in [0.29, 0.717) is 5.01 Å². The predicted octanol–water partition coefficient (Wildman–Crippen LogP) is 1.64. The highest BCUT2D eigenvalue weighted by molar-refractivity contribution is 7.89. The first-order chi connectivity index (χ1) is 10.8. The number of primary amides is 1. The fourth-order valence-corrected chi connectivity index (χ4v) is 3.81. The van der Waals surface area contributed by atoms with Crippen molar-refractivity contribution in [3.05, 3.63) is 47.5 Å².